The third kappa shape index (κ3) is 5.23. The number of halogens is 2. The van der Waals surface area contributed by atoms with Gasteiger partial charge < -0.3 is 4.74 Å². The fourth-order valence-corrected chi connectivity index (χ4v) is 2.93. The van der Waals surface area contributed by atoms with E-state index in [2.05, 4.69) is 0 Å². The SMILES string of the molecule is CCC(COc1cc(F)ccc1C)CS(=O)(=O)Cl. The maximum Gasteiger partial charge on any atom is 0.232 e. The maximum absolute atomic E-state index is 13.0. The minimum absolute atomic E-state index is 0.139. The van der Waals surface area contributed by atoms with Gasteiger partial charge in [-0.05, 0) is 25.0 Å². The van der Waals surface area contributed by atoms with Crippen molar-refractivity contribution in [2.45, 2.75) is 20.3 Å². The van der Waals surface area contributed by atoms with Crippen LogP contribution in [0, 0.1) is 18.7 Å². The molecule has 1 aromatic rings. The van der Waals surface area contributed by atoms with E-state index in [0.717, 1.165) is 5.56 Å². The molecule has 0 N–H and O–H groups in total. The van der Waals surface area contributed by atoms with E-state index in [4.69, 9.17) is 15.4 Å². The van der Waals surface area contributed by atoms with Gasteiger partial charge in [-0.1, -0.05) is 13.0 Å². The third-order valence-electron chi connectivity index (χ3n) is 2.64. The first-order valence-electron chi connectivity index (χ1n) is 5.63. The fourth-order valence-electron chi connectivity index (χ4n) is 1.50. The van der Waals surface area contributed by atoms with Gasteiger partial charge in [0.25, 0.3) is 0 Å². The molecule has 1 unspecified atom stereocenters. The van der Waals surface area contributed by atoms with Gasteiger partial charge >= 0.3 is 0 Å². The number of hydrogen-bond acceptors (Lipinski definition) is 3. The summed E-state index contributed by atoms with van der Waals surface area (Å²) in [5.41, 5.74) is 0.806. The average molecular weight is 295 g/mol. The molecule has 0 radical (unpaired) electrons. The Morgan fingerprint density at radius 1 is 1.44 bits per heavy atom. The minimum atomic E-state index is -3.54. The van der Waals surface area contributed by atoms with Crippen molar-refractivity contribution in [1.29, 1.82) is 0 Å². The van der Waals surface area contributed by atoms with Gasteiger partial charge in [0.15, 0.2) is 0 Å². The first-order valence-corrected chi connectivity index (χ1v) is 8.11. The molecule has 0 aliphatic heterocycles. The lowest BCUT2D eigenvalue weighted by molar-refractivity contribution is 0.255. The summed E-state index contributed by atoms with van der Waals surface area (Å²) in [5.74, 6) is -0.288. The summed E-state index contributed by atoms with van der Waals surface area (Å²) in [4.78, 5) is 0. The van der Waals surface area contributed by atoms with Crippen LogP contribution >= 0.6 is 10.7 Å². The molecular formula is C12H16ClFO3S. The zero-order valence-electron chi connectivity index (χ0n) is 10.3. The normalized spacial score (nSPS) is 13.3. The lowest BCUT2D eigenvalue weighted by Gasteiger charge is -2.15. The second-order valence-electron chi connectivity index (χ2n) is 4.20. The summed E-state index contributed by atoms with van der Waals surface area (Å²) in [6.07, 6.45) is 0.625. The van der Waals surface area contributed by atoms with Gasteiger partial charge in [0.05, 0.1) is 12.4 Å². The molecule has 0 heterocycles. The quantitative estimate of drug-likeness (QED) is 0.757. The minimum Gasteiger partial charge on any atom is -0.493 e. The van der Waals surface area contributed by atoms with Crippen LogP contribution in [0.4, 0.5) is 4.39 Å². The van der Waals surface area contributed by atoms with Crippen molar-refractivity contribution >= 4 is 19.7 Å². The molecule has 0 fully saturated rings. The zero-order chi connectivity index (χ0) is 13.8. The first kappa shape index (κ1) is 15.2. The highest BCUT2D eigenvalue weighted by molar-refractivity contribution is 8.13. The van der Waals surface area contributed by atoms with Crippen LogP contribution in [0.2, 0.25) is 0 Å². The van der Waals surface area contributed by atoms with Crippen molar-refractivity contribution in [2.24, 2.45) is 5.92 Å². The van der Waals surface area contributed by atoms with E-state index < -0.39 is 9.05 Å². The Hall–Kier alpha value is -0.810. The predicted octanol–water partition coefficient (Wildman–Crippen LogP) is 3.11. The molecule has 1 aromatic carbocycles. The number of hydrogen-bond donors (Lipinski definition) is 0. The molecule has 6 heteroatoms. The van der Waals surface area contributed by atoms with Gasteiger partial charge in [0, 0.05) is 22.7 Å². The van der Waals surface area contributed by atoms with Gasteiger partial charge in [-0.2, -0.15) is 0 Å². The largest absolute Gasteiger partial charge is 0.493 e. The Morgan fingerprint density at radius 2 is 2.11 bits per heavy atom. The molecule has 0 amide bonds. The molecule has 1 atom stereocenters. The number of aryl methyl sites for hydroxylation is 1. The zero-order valence-corrected chi connectivity index (χ0v) is 11.9. The van der Waals surface area contributed by atoms with Crippen molar-refractivity contribution in [3.8, 4) is 5.75 Å². The summed E-state index contributed by atoms with van der Waals surface area (Å²) >= 11 is 0. The smallest absolute Gasteiger partial charge is 0.232 e. The van der Waals surface area contributed by atoms with Crippen LogP contribution in [0.25, 0.3) is 0 Å². The van der Waals surface area contributed by atoms with Crippen molar-refractivity contribution < 1.29 is 17.5 Å². The van der Waals surface area contributed by atoms with Crippen molar-refractivity contribution in [3.05, 3.63) is 29.6 Å². The van der Waals surface area contributed by atoms with Crippen molar-refractivity contribution in [2.75, 3.05) is 12.4 Å². The Kier molecular flexibility index (Phi) is 5.41. The van der Waals surface area contributed by atoms with Crippen LogP contribution in [0.1, 0.15) is 18.9 Å². The highest BCUT2D eigenvalue weighted by atomic mass is 35.7. The Balaban J connectivity index is 2.65. The maximum atomic E-state index is 13.0. The van der Waals surface area contributed by atoms with E-state index in [9.17, 15) is 12.8 Å². The molecule has 0 aromatic heterocycles. The Morgan fingerprint density at radius 3 is 2.67 bits per heavy atom. The summed E-state index contributed by atoms with van der Waals surface area (Å²) in [7, 11) is 1.66. The van der Waals surface area contributed by atoms with E-state index in [1.165, 1.54) is 12.1 Å². The molecule has 3 nitrogen and oxygen atoms in total. The molecule has 0 aliphatic carbocycles. The second-order valence-corrected chi connectivity index (χ2v) is 7.02. The molecule has 0 spiro atoms. The molecule has 18 heavy (non-hydrogen) atoms. The topological polar surface area (TPSA) is 43.4 Å². The highest BCUT2D eigenvalue weighted by Crippen LogP contribution is 2.20. The van der Waals surface area contributed by atoms with E-state index in [0.29, 0.717) is 12.2 Å². The van der Waals surface area contributed by atoms with E-state index in [-0.39, 0.29) is 24.1 Å². The Bertz CT molecular complexity index is 502. The van der Waals surface area contributed by atoms with Gasteiger partial charge in [-0.25, -0.2) is 12.8 Å². The first-order chi connectivity index (χ1) is 8.31. The lowest BCUT2D eigenvalue weighted by atomic mass is 10.1. The molecule has 0 aliphatic rings. The van der Waals surface area contributed by atoms with Crippen molar-refractivity contribution in [3.63, 3.8) is 0 Å². The molecule has 1 rings (SSSR count). The van der Waals surface area contributed by atoms with Gasteiger partial charge in [-0.15, -0.1) is 0 Å². The number of rotatable bonds is 6. The van der Waals surface area contributed by atoms with Crippen LogP contribution in [0.15, 0.2) is 18.2 Å². The lowest BCUT2D eigenvalue weighted by Crippen LogP contribution is -2.19. The number of benzene rings is 1. The van der Waals surface area contributed by atoms with E-state index in [1.807, 2.05) is 6.92 Å². The molecule has 102 valence electrons. The Labute approximate surface area is 111 Å². The summed E-state index contributed by atoms with van der Waals surface area (Å²) in [6.45, 7) is 3.86. The highest BCUT2D eigenvalue weighted by Gasteiger charge is 2.16. The monoisotopic (exact) mass is 294 g/mol. The molecule has 0 saturated heterocycles. The van der Waals surface area contributed by atoms with Crippen molar-refractivity contribution in [1.82, 2.24) is 0 Å². The standard InChI is InChI=1S/C12H16ClFO3S/c1-3-10(8-18(13,15)16)7-17-12-6-11(14)5-4-9(12)2/h4-6,10H,3,7-8H2,1-2H3. The average Bonchev–Trinajstić information content (AvgIpc) is 2.27. The van der Waals surface area contributed by atoms with E-state index >= 15 is 0 Å². The van der Waals surface area contributed by atoms with Gasteiger partial charge in [0.1, 0.15) is 11.6 Å². The summed E-state index contributed by atoms with van der Waals surface area (Å²) in [5, 5.41) is 0. The number of ether oxygens (including phenoxy) is 1. The third-order valence-corrected chi connectivity index (χ3v) is 3.88. The summed E-state index contributed by atoms with van der Waals surface area (Å²) in [6, 6.07) is 4.25. The van der Waals surface area contributed by atoms with Crippen LogP contribution < -0.4 is 4.74 Å². The fraction of sp³-hybridized carbons (Fsp3) is 0.500. The van der Waals surface area contributed by atoms with Gasteiger partial charge in [-0.3, -0.25) is 0 Å². The molecule has 0 bridgehead atoms. The summed E-state index contributed by atoms with van der Waals surface area (Å²) < 4.78 is 40.4. The van der Waals surface area contributed by atoms with Crippen LogP contribution in [-0.2, 0) is 9.05 Å². The van der Waals surface area contributed by atoms with Crippen LogP contribution in [0.5, 0.6) is 5.75 Å². The molecular weight excluding hydrogens is 279 g/mol. The van der Waals surface area contributed by atoms with Crippen LogP contribution in [-0.4, -0.2) is 20.8 Å². The molecule has 0 saturated carbocycles. The second kappa shape index (κ2) is 6.38. The van der Waals surface area contributed by atoms with Crippen LogP contribution in [0.3, 0.4) is 0 Å². The predicted molar refractivity (Wildman–Crippen MR) is 70.1 cm³/mol. The van der Waals surface area contributed by atoms with E-state index in [1.54, 1.807) is 13.0 Å². The van der Waals surface area contributed by atoms with Gasteiger partial charge in [0.2, 0.25) is 9.05 Å².